The molecule has 0 bridgehead atoms. The summed E-state index contributed by atoms with van der Waals surface area (Å²) in [6, 6.07) is -0.648. The van der Waals surface area contributed by atoms with Crippen LogP contribution in [0.5, 0.6) is 0 Å². The molecule has 2 atom stereocenters. The summed E-state index contributed by atoms with van der Waals surface area (Å²) in [5, 5.41) is 11.3. The monoisotopic (exact) mass is 214 g/mol. The highest BCUT2D eigenvalue weighted by atomic mass is 16.4. The number of Topliss-reactive ketones (excluding diaryl/α,β-unsaturated/α-hetero) is 1. The molecule has 1 aliphatic rings. The van der Waals surface area contributed by atoms with Gasteiger partial charge in [0, 0.05) is 6.42 Å². The van der Waals surface area contributed by atoms with Crippen LogP contribution in [-0.4, -0.2) is 35.4 Å². The SMILES string of the molecule is NCCC(C(=O)O)C(=O)C1CCC(=O)N1. The number of carbonyl (C=O) groups is 3. The number of nitrogens with one attached hydrogen (secondary N) is 1. The molecule has 0 aromatic carbocycles. The van der Waals surface area contributed by atoms with Crippen LogP contribution in [0, 0.1) is 5.92 Å². The van der Waals surface area contributed by atoms with Crippen molar-refractivity contribution >= 4 is 17.7 Å². The van der Waals surface area contributed by atoms with Gasteiger partial charge in [-0.1, -0.05) is 0 Å². The van der Waals surface area contributed by atoms with E-state index in [9.17, 15) is 14.4 Å². The molecule has 0 spiro atoms. The Hall–Kier alpha value is -1.43. The molecule has 0 aromatic heterocycles. The van der Waals surface area contributed by atoms with Gasteiger partial charge in [-0.05, 0) is 19.4 Å². The first-order valence-corrected chi connectivity index (χ1v) is 4.82. The van der Waals surface area contributed by atoms with Gasteiger partial charge >= 0.3 is 5.97 Å². The van der Waals surface area contributed by atoms with E-state index in [2.05, 4.69) is 5.32 Å². The molecule has 0 aromatic rings. The fourth-order valence-electron chi connectivity index (χ4n) is 1.62. The van der Waals surface area contributed by atoms with E-state index in [1.54, 1.807) is 0 Å². The number of amides is 1. The van der Waals surface area contributed by atoms with Crippen LogP contribution in [0.1, 0.15) is 19.3 Å². The number of hydrogen-bond donors (Lipinski definition) is 3. The topological polar surface area (TPSA) is 109 Å². The summed E-state index contributed by atoms with van der Waals surface area (Å²) >= 11 is 0. The van der Waals surface area contributed by atoms with Crippen molar-refractivity contribution in [1.82, 2.24) is 5.32 Å². The van der Waals surface area contributed by atoms with Crippen LogP contribution in [0.3, 0.4) is 0 Å². The van der Waals surface area contributed by atoms with E-state index in [-0.39, 0.29) is 25.3 Å². The third-order valence-corrected chi connectivity index (χ3v) is 2.44. The number of hydrogen-bond acceptors (Lipinski definition) is 4. The van der Waals surface area contributed by atoms with Crippen LogP contribution in [0.25, 0.3) is 0 Å². The van der Waals surface area contributed by atoms with Crippen LogP contribution in [0.2, 0.25) is 0 Å². The van der Waals surface area contributed by atoms with E-state index >= 15 is 0 Å². The number of carbonyl (C=O) groups excluding carboxylic acids is 2. The van der Waals surface area contributed by atoms with E-state index < -0.39 is 23.7 Å². The van der Waals surface area contributed by atoms with Gasteiger partial charge in [0.15, 0.2) is 5.78 Å². The minimum atomic E-state index is -1.17. The lowest BCUT2D eigenvalue weighted by molar-refractivity contribution is -0.147. The van der Waals surface area contributed by atoms with Crippen molar-refractivity contribution in [1.29, 1.82) is 0 Å². The number of carboxylic acid groups (broad SMARTS) is 1. The van der Waals surface area contributed by atoms with Crippen molar-refractivity contribution in [2.75, 3.05) is 6.54 Å². The zero-order valence-corrected chi connectivity index (χ0v) is 8.23. The average molecular weight is 214 g/mol. The number of rotatable bonds is 5. The molecular formula is C9H14N2O4. The fraction of sp³-hybridized carbons (Fsp3) is 0.667. The first-order chi connectivity index (χ1) is 7.06. The fourth-order valence-corrected chi connectivity index (χ4v) is 1.62. The van der Waals surface area contributed by atoms with Gasteiger partial charge in [-0.3, -0.25) is 14.4 Å². The maximum Gasteiger partial charge on any atom is 0.314 e. The molecule has 0 radical (unpaired) electrons. The Morgan fingerprint density at radius 1 is 1.60 bits per heavy atom. The summed E-state index contributed by atoms with van der Waals surface area (Å²) in [5.41, 5.74) is 5.23. The van der Waals surface area contributed by atoms with Crippen LogP contribution < -0.4 is 11.1 Å². The molecule has 1 rings (SSSR count). The lowest BCUT2D eigenvalue weighted by Gasteiger charge is -2.14. The average Bonchev–Trinajstić information content (AvgIpc) is 2.59. The highest BCUT2D eigenvalue weighted by Crippen LogP contribution is 2.14. The standard InChI is InChI=1S/C9H14N2O4/c10-4-3-5(9(14)15)8(13)6-1-2-7(12)11-6/h5-6H,1-4,10H2,(H,11,12)(H,14,15). The van der Waals surface area contributed by atoms with Gasteiger partial charge < -0.3 is 16.2 Å². The number of ketones is 1. The minimum Gasteiger partial charge on any atom is -0.481 e. The van der Waals surface area contributed by atoms with Crippen molar-refractivity contribution in [2.45, 2.75) is 25.3 Å². The van der Waals surface area contributed by atoms with Gasteiger partial charge in [0.2, 0.25) is 5.91 Å². The Labute approximate surface area is 86.8 Å². The molecule has 4 N–H and O–H groups in total. The van der Waals surface area contributed by atoms with Crippen LogP contribution in [-0.2, 0) is 14.4 Å². The van der Waals surface area contributed by atoms with Crippen molar-refractivity contribution in [3.63, 3.8) is 0 Å². The quantitative estimate of drug-likeness (QED) is 0.502. The molecule has 1 aliphatic heterocycles. The highest BCUT2D eigenvalue weighted by Gasteiger charge is 2.35. The summed E-state index contributed by atoms with van der Waals surface area (Å²) in [6.07, 6.45) is 0.776. The predicted molar refractivity (Wildman–Crippen MR) is 51.0 cm³/mol. The van der Waals surface area contributed by atoms with Gasteiger partial charge in [0.25, 0.3) is 0 Å². The number of carboxylic acids is 1. The molecule has 1 heterocycles. The Kier molecular flexibility index (Phi) is 3.79. The Bertz CT molecular complexity index is 290. The van der Waals surface area contributed by atoms with E-state index in [1.165, 1.54) is 0 Å². The molecule has 6 nitrogen and oxygen atoms in total. The van der Waals surface area contributed by atoms with E-state index in [1.807, 2.05) is 0 Å². The zero-order chi connectivity index (χ0) is 11.4. The minimum absolute atomic E-state index is 0.112. The van der Waals surface area contributed by atoms with E-state index in [4.69, 9.17) is 10.8 Å². The van der Waals surface area contributed by atoms with Gasteiger partial charge in [0.1, 0.15) is 5.92 Å². The van der Waals surface area contributed by atoms with Crippen LogP contribution in [0.15, 0.2) is 0 Å². The first-order valence-electron chi connectivity index (χ1n) is 4.82. The molecule has 6 heteroatoms. The molecule has 15 heavy (non-hydrogen) atoms. The molecule has 1 amide bonds. The lowest BCUT2D eigenvalue weighted by Crippen LogP contribution is -2.40. The summed E-state index contributed by atoms with van der Waals surface area (Å²) in [7, 11) is 0. The molecule has 0 aliphatic carbocycles. The molecular weight excluding hydrogens is 200 g/mol. The Balaban J connectivity index is 2.63. The number of aliphatic carboxylic acids is 1. The number of nitrogens with two attached hydrogens (primary N) is 1. The third kappa shape index (κ3) is 2.76. The third-order valence-electron chi connectivity index (χ3n) is 2.44. The van der Waals surface area contributed by atoms with Crippen molar-refractivity contribution in [3.05, 3.63) is 0 Å². The summed E-state index contributed by atoms with van der Waals surface area (Å²) in [6.45, 7) is 0.142. The van der Waals surface area contributed by atoms with Crippen molar-refractivity contribution in [2.24, 2.45) is 11.7 Å². The maximum absolute atomic E-state index is 11.7. The molecule has 84 valence electrons. The molecule has 1 fully saturated rings. The second-order valence-electron chi connectivity index (χ2n) is 3.53. The lowest BCUT2D eigenvalue weighted by atomic mass is 9.94. The summed E-state index contributed by atoms with van der Waals surface area (Å²) in [4.78, 5) is 33.3. The molecule has 0 saturated carbocycles. The van der Waals surface area contributed by atoms with Gasteiger partial charge in [-0.15, -0.1) is 0 Å². The second kappa shape index (κ2) is 4.88. The Morgan fingerprint density at radius 2 is 2.27 bits per heavy atom. The van der Waals surface area contributed by atoms with Gasteiger partial charge in [0.05, 0.1) is 6.04 Å². The maximum atomic E-state index is 11.7. The van der Waals surface area contributed by atoms with Gasteiger partial charge in [-0.2, -0.15) is 0 Å². The molecule has 2 unspecified atom stereocenters. The van der Waals surface area contributed by atoms with Gasteiger partial charge in [-0.25, -0.2) is 0 Å². The Morgan fingerprint density at radius 3 is 2.67 bits per heavy atom. The predicted octanol–water partition coefficient (Wildman–Crippen LogP) is -1.12. The normalized spacial score (nSPS) is 22.2. The summed E-state index contributed by atoms with van der Waals surface area (Å²) in [5.74, 6) is -2.92. The second-order valence-corrected chi connectivity index (χ2v) is 3.53. The largest absolute Gasteiger partial charge is 0.481 e. The highest BCUT2D eigenvalue weighted by molar-refractivity contribution is 6.03. The summed E-state index contributed by atoms with van der Waals surface area (Å²) < 4.78 is 0. The van der Waals surface area contributed by atoms with Crippen molar-refractivity contribution < 1.29 is 19.5 Å². The van der Waals surface area contributed by atoms with E-state index in [0.717, 1.165) is 0 Å². The van der Waals surface area contributed by atoms with Crippen molar-refractivity contribution in [3.8, 4) is 0 Å². The first kappa shape index (κ1) is 11.6. The van der Waals surface area contributed by atoms with Crippen LogP contribution in [0.4, 0.5) is 0 Å². The van der Waals surface area contributed by atoms with E-state index in [0.29, 0.717) is 6.42 Å². The zero-order valence-electron chi connectivity index (χ0n) is 8.23. The van der Waals surface area contributed by atoms with Crippen LogP contribution >= 0.6 is 0 Å². The smallest absolute Gasteiger partial charge is 0.314 e. The molecule has 1 saturated heterocycles.